The average Bonchev–Trinajstić information content (AvgIpc) is 3.19. The van der Waals surface area contributed by atoms with E-state index in [1.807, 2.05) is 30.3 Å². The van der Waals surface area contributed by atoms with Crippen molar-refractivity contribution in [1.82, 2.24) is 0 Å². The summed E-state index contributed by atoms with van der Waals surface area (Å²) in [5.41, 5.74) is -4.01. The van der Waals surface area contributed by atoms with Crippen molar-refractivity contribution in [2.45, 2.75) is 25.8 Å². The van der Waals surface area contributed by atoms with E-state index < -0.39 is 21.6 Å². The van der Waals surface area contributed by atoms with E-state index in [0.717, 1.165) is 25.7 Å². The molecule has 0 atom stereocenters. The fourth-order valence-corrected chi connectivity index (χ4v) is 5.10. The summed E-state index contributed by atoms with van der Waals surface area (Å²) in [5, 5.41) is 2.08. The topological polar surface area (TPSA) is 78.9 Å². The first-order valence-electron chi connectivity index (χ1n) is 10.8. The van der Waals surface area contributed by atoms with Crippen molar-refractivity contribution in [2.75, 3.05) is 6.79 Å². The predicted molar refractivity (Wildman–Crippen MR) is 134 cm³/mol. The normalized spacial score (nSPS) is 11.7. The van der Waals surface area contributed by atoms with Crippen molar-refractivity contribution in [2.24, 2.45) is 0 Å². The van der Waals surface area contributed by atoms with E-state index in [0.29, 0.717) is 11.3 Å². The number of hydrogen-bond donors (Lipinski definition) is 0. The monoisotopic (exact) mass is 548 g/mol. The van der Waals surface area contributed by atoms with Gasteiger partial charge in [-0.05, 0) is 60.5 Å². The number of thiophene rings is 1. The second-order valence-corrected chi connectivity index (χ2v) is 10.4. The van der Waals surface area contributed by atoms with E-state index in [1.165, 1.54) is 25.1 Å². The Labute approximate surface area is 214 Å². The zero-order valence-electron chi connectivity index (χ0n) is 19.5. The van der Waals surface area contributed by atoms with E-state index in [2.05, 4.69) is 16.0 Å². The lowest BCUT2D eigenvalue weighted by molar-refractivity contribution is -0.147. The molecular formula is C26H19F3O6S2. The molecule has 0 aliphatic carbocycles. The number of benzene rings is 3. The first-order valence-corrected chi connectivity index (χ1v) is 13.1. The van der Waals surface area contributed by atoms with Gasteiger partial charge in [0.1, 0.15) is 11.5 Å². The first-order chi connectivity index (χ1) is 17.5. The van der Waals surface area contributed by atoms with Crippen LogP contribution in [0.15, 0.2) is 54.6 Å². The first kappa shape index (κ1) is 26.3. The van der Waals surface area contributed by atoms with Crippen LogP contribution in [0.5, 0.6) is 11.5 Å². The van der Waals surface area contributed by atoms with E-state index in [1.54, 1.807) is 24.3 Å². The quantitative estimate of drug-likeness (QED) is 0.0947. The molecule has 37 heavy (non-hydrogen) atoms. The molecule has 0 spiro atoms. The summed E-state index contributed by atoms with van der Waals surface area (Å²) in [5.74, 6) is 5.76. The number of ether oxygens (including phenoxy) is 2. The molecule has 6 nitrogen and oxygen atoms in total. The van der Waals surface area contributed by atoms with Crippen LogP contribution in [-0.2, 0) is 26.1 Å². The van der Waals surface area contributed by atoms with Crippen molar-refractivity contribution < 1.29 is 40.0 Å². The lowest BCUT2D eigenvalue weighted by Gasteiger charge is -2.12. The molecule has 0 N–H and O–H groups in total. The van der Waals surface area contributed by atoms with Crippen molar-refractivity contribution in [1.29, 1.82) is 0 Å². The molecule has 4 rings (SSSR count). The van der Waals surface area contributed by atoms with Crippen molar-refractivity contribution in [3.8, 4) is 23.3 Å². The number of rotatable bonds is 6. The maximum Gasteiger partial charge on any atom is 0.534 e. The summed E-state index contributed by atoms with van der Waals surface area (Å²) in [6.07, 6.45) is 0.249. The van der Waals surface area contributed by atoms with E-state index in [4.69, 9.17) is 9.47 Å². The molecule has 0 aliphatic rings. The minimum atomic E-state index is -5.76. The van der Waals surface area contributed by atoms with Crippen LogP contribution in [0.3, 0.4) is 0 Å². The Kier molecular flexibility index (Phi) is 7.34. The fourth-order valence-electron chi connectivity index (χ4n) is 3.43. The summed E-state index contributed by atoms with van der Waals surface area (Å²) in [6.45, 7) is 2.80. The minimum absolute atomic E-state index is 0.170. The molecule has 0 bridgehead atoms. The maximum absolute atomic E-state index is 12.7. The lowest BCUT2D eigenvalue weighted by Crippen LogP contribution is -2.28. The predicted octanol–water partition coefficient (Wildman–Crippen LogP) is 6.14. The number of esters is 1. The van der Waals surface area contributed by atoms with Crippen molar-refractivity contribution >= 4 is 47.6 Å². The maximum atomic E-state index is 12.7. The second kappa shape index (κ2) is 10.3. The molecule has 0 fully saturated rings. The molecule has 0 radical (unpaired) electrons. The van der Waals surface area contributed by atoms with Crippen LogP contribution < -0.4 is 8.92 Å². The SMILES string of the molecule is CCc1cc(C#Cc2ccc3c(c2)sc2cc(OCOC(C)=O)ccc23)ccc1OS(=O)(=O)C(F)(F)F. The molecule has 0 aliphatic heterocycles. The van der Waals surface area contributed by atoms with Gasteiger partial charge >= 0.3 is 21.6 Å². The molecule has 0 amide bonds. The molecule has 1 heterocycles. The number of fused-ring (bicyclic) bond motifs is 3. The van der Waals surface area contributed by atoms with E-state index >= 15 is 0 Å². The van der Waals surface area contributed by atoms with Crippen LogP contribution in [0.4, 0.5) is 13.2 Å². The van der Waals surface area contributed by atoms with Gasteiger partial charge in [-0.15, -0.1) is 11.3 Å². The van der Waals surface area contributed by atoms with Gasteiger partial charge in [-0.25, -0.2) is 0 Å². The summed E-state index contributed by atoms with van der Waals surface area (Å²) in [4.78, 5) is 10.9. The number of carbonyl (C=O) groups excluding carboxylic acids is 1. The van der Waals surface area contributed by atoms with Crippen LogP contribution >= 0.6 is 11.3 Å². The average molecular weight is 549 g/mol. The van der Waals surface area contributed by atoms with Crippen molar-refractivity contribution in [3.63, 3.8) is 0 Å². The minimum Gasteiger partial charge on any atom is -0.457 e. The zero-order chi connectivity index (χ0) is 26.8. The number of hydrogen-bond acceptors (Lipinski definition) is 7. The van der Waals surface area contributed by atoms with Gasteiger partial charge in [-0.2, -0.15) is 21.6 Å². The third kappa shape index (κ3) is 5.98. The third-order valence-electron chi connectivity index (χ3n) is 5.21. The molecule has 0 saturated carbocycles. The smallest absolute Gasteiger partial charge is 0.457 e. The molecule has 4 aromatic rings. The molecular weight excluding hydrogens is 529 g/mol. The molecule has 11 heteroatoms. The van der Waals surface area contributed by atoms with Gasteiger partial charge in [0.05, 0.1) is 0 Å². The molecule has 192 valence electrons. The lowest BCUT2D eigenvalue weighted by atomic mass is 10.1. The summed E-state index contributed by atoms with van der Waals surface area (Å²) < 4.78 is 77.2. The second-order valence-electron chi connectivity index (χ2n) is 7.78. The van der Waals surface area contributed by atoms with Crippen LogP contribution in [0.1, 0.15) is 30.5 Å². The third-order valence-corrected chi connectivity index (χ3v) is 7.29. The number of alkyl halides is 3. The Balaban J connectivity index is 1.57. The van der Waals surface area contributed by atoms with E-state index in [9.17, 15) is 26.4 Å². The van der Waals surface area contributed by atoms with Crippen LogP contribution in [0, 0.1) is 11.8 Å². The highest BCUT2D eigenvalue weighted by molar-refractivity contribution is 7.88. The summed E-state index contributed by atoms with van der Waals surface area (Å²) in [7, 11) is -5.76. The fraction of sp³-hybridized carbons (Fsp3) is 0.192. The molecule has 0 unspecified atom stereocenters. The number of aryl methyl sites for hydroxylation is 1. The highest BCUT2D eigenvalue weighted by Crippen LogP contribution is 2.36. The Hall–Kier alpha value is -3.75. The van der Waals surface area contributed by atoms with Crippen LogP contribution in [0.2, 0.25) is 0 Å². The van der Waals surface area contributed by atoms with Crippen LogP contribution in [0.25, 0.3) is 20.2 Å². The van der Waals surface area contributed by atoms with Gasteiger partial charge in [0, 0.05) is 38.2 Å². The number of carbonyl (C=O) groups is 1. The van der Waals surface area contributed by atoms with Gasteiger partial charge in [0.25, 0.3) is 0 Å². The Morgan fingerprint density at radius 3 is 2.22 bits per heavy atom. The van der Waals surface area contributed by atoms with Gasteiger partial charge in [-0.1, -0.05) is 24.8 Å². The van der Waals surface area contributed by atoms with Gasteiger partial charge < -0.3 is 13.7 Å². The van der Waals surface area contributed by atoms with Gasteiger partial charge in [-0.3, -0.25) is 4.79 Å². The zero-order valence-corrected chi connectivity index (χ0v) is 21.1. The van der Waals surface area contributed by atoms with Crippen LogP contribution in [-0.4, -0.2) is 26.7 Å². The Morgan fingerprint density at radius 1 is 0.946 bits per heavy atom. The molecule has 0 saturated heterocycles. The van der Waals surface area contributed by atoms with Gasteiger partial charge in [0.15, 0.2) is 0 Å². The molecule has 3 aromatic carbocycles. The standard InChI is InChI=1S/C26H19F3O6S2/c1-3-19-12-17(7-11-23(19)35-37(31,32)26(27,28)29)4-5-18-6-9-21-22-10-8-20(34-15-33-16(2)30)14-25(22)36-24(21)13-18/h6-14H,3,15H2,1-2H3. The highest BCUT2D eigenvalue weighted by Gasteiger charge is 2.48. The summed E-state index contributed by atoms with van der Waals surface area (Å²) in [6, 6.07) is 15.4. The Bertz CT molecular complexity index is 1660. The largest absolute Gasteiger partial charge is 0.534 e. The number of halogens is 3. The molecule has 1 aromatic heterocycles. The van der Waals surface area contributed by atoms with Gasteiger partial charge in [0.2, 0.25) is 6.79 Å². The van der Waals surface area contributed by atoms with E-state index in [-0.39, 0.29) is 24.5 Å². The summed E-state index contributed by atoms with van der Waals surface area (Å²) >= 11 is 1.55. The highest BCUT2D eigenvalue weighted by atomic mass is 32.2. The Morgan fingerprint density at radius 2 is 1.57 bits per heavy atom. The van der Waals surface area contributed by atoms with Crippen molar-refractivity contribution in [3.05, 3.63) is 71.3 Å².